The first-order valence-corrected chi connectivity index (χ1v) is 7.49. The summed E-state index contributed by atoms with van der Waals surface area (Å²) in [4.78, 5) is 4.31. The second-order valence-corrected chi connectivity index (χ2v) is 7.39. The van der Waals surface area contributed by atoms with Gasteiger partial charge in [0.05, 0.1) is 16.5 Å². The largest absolute Gasteiger partial charge is 0.324 e. The molecule has 84 valence electrons. The fourth-order valence-corrected chi connectivity index (χ4v) is 4.78. The van der Waals surface area contributed by atoms with Crippen LogP contribution < -0.4 is 5.73 Å². The van der Waals surface area contributed by atoms with Gasteiger partial charge in [-0.05, 0) is 13.3 Å². The van der Waals surface area contributed by atoms with Gasteiger partial charge < -0.3 is 5.73 Å². The lowest BCUT2D eigenvalue weighted by atomic mass is 9.97. The van der Waals surface area contributed by atoms with E-state index >= 15 is 0 Å². The van der Waals surface area contributed by atoms with Crippen molar-refractivity contribution < 1.29 is 8.42 Å². The third-order valence-corrected chi connectivity index (χ3v) is 5.40. The molecule has 1 aromatic heterocycles. The molecule has 0 amide bonds. The van der Waals surface area contributed by atoms with Crippen LogP contribution in [-0.4, -0.2) is 30.4 Å². The van der Waals surface area contributed by atoms with Gasteiger partial charge in [-0.25, -0.2) is 13.4 Å². The highest BCUT2D eigenvalue weighted by atomic mass is 32.2. The molecule has 2 N–H and O–H groups in total. The summed E-state index contributed by atoms with van der Waals surface area (Å²) in [6.45, 7) is 1.93. The Kier molecular flexibility index (Phi) is 2.60. The molecule has 0 spiro atoms. The fraction of sp³-hybridized carbons (Fsp3) is 0.667. The van der Waals surface area contributed by atoms with Gasteiger partial charge >= 0.3 is 0 Å². The van der Waals surface area contributed by atoms with Crippen molar-refractivity contribution >= 4 is 21.2 Å². The van der Waals surface area contributed by atoms with E-state index in [1.54, 1.807) is 11.3 Å². The molecule has 4 nitrogen and oxygen atoms in total. The Morgan fingerprint density at radius 2 is 2.40 bits per heavy atom. The molecule has 2 heterocycles. The van der Waals surface area contributed by atoms with Crippen molar-refractivity contribution in [2.45, 2.75) is 25.3 Å². The van der Waals surface area contributed by atoms with Crippen molar-refractivity contribution in [1.29, 1.82) is 0 Å². The van der Waals surface area contributed by atoms with E-state index < -0.39 is 15.4 Å². The third kappa shape index (κ3) is 2.56. The minimum Gasteiger partial charge on any atom is -0.324 e. The first-order valence-electron chi connectivity index (χ1n) is 4.79. The molecule has 0 radical (unpaired) electrons. The van der Waals surface area contributed by atoms with Crippen molar-refractivity contribution in [1.82, 2.24) is 4.98 Å². The molecule has 1 aromatic rings. The van der Waals surface area contributed by atoms with Crippen LogP contribution in [0.2, 0.25) is 0 Å². The zero-order chi connectivity index (χ0) is 11.1. The smallest absolute Gasteiger partial charge is 0.152 e. The molecular formula is C9H14N2O2S2. The number of sulfone groups is 1. The SMILES string of the molecule is Cc1csc(CC2(N)CCS(=O)(=O)C2)n1. The molecule has 6 heteroatoms. The van der Waals surface area contributed by atoms with Gasteiger partial charge in [-0.15, -0.1) is 11.3 Å². The van der Waals surface area contributed by atoms with E-state index in [0.29, 0.717) is 12.8 Å². The van der Waals surface area contributed by atoms with E-state index in [4.69, 9.17) is 5.73 Å². The maximum absolute atomic E-state index is 11.3. The Morgan fingerprint density at radius 3 is 2.87 bits per heavy atom. The van der Waals surface area contributed by atoms with E-state index in [0.717, 1.165) is 10.7 Å². The number of nitrogens with two attached hydrogens (primary N) is 1. The lowest BCUT2D eigenvalue weighted by molar-refractivity contribution is 0.475. The summed E-state index contributed by atoms with van der Waals surface area (Å²) in [5.41, 5.74) is 6.44. The molecule has 1 saturated heterocycles. The maximum Gasteiger partial charge on any atom is 0.152 e. The van der Waals surface area contributed by atoms with E-state index in [-0.39, 0.29) is 11.5 Å². The average molecular weight is 246 g/mol. The van der Waals surface area contributed by atoms with Gasteiger partial charge in [0, 0.05) is 23.0 Å². The summed E-state index contributed by atoms with van der Waals surface area (Å²) >= 11 is 1.55. The van der Waals surface area contributed by atoms with Crippen LogP contribution in [-0.2, 0) is 16.3 Å². The van der Waals surface area contributed by atoms with Crippen LogP contribution in [0.25, 0.3) is 0 Å². The quantitative estimate of drug-likeness (QED) is 0.825. The lowest BCUT2D eigenvalue weighted by Gasteiger charge is -2.19. The number of aryl methyl sites for hydroxylation is 1. The number of nitrogens with zero attached hydrogens (tertiary/aromatic N) is 1. The van der Waals surface area contributed by atoms with Crippen molar-refractivity contribution in [2.75, 3.05) is 11.5 Å². The molecule has 0 aromatic carbocycles. The number of rotatable bonds is 2. The molecule has 0 aliphatic carbocycles. The molecule has 1 aliphatic heterocycles. The molecule has 0 bridgehead atoms. The minimum atomic E-state index is -2.92. The van der Waals surface area contributed by atoms with Gasteiger partial charge in [0.15, 0.2) is 9.84 Å². The number of thiazole rings is 1. The van der Waals surface area contributed by atoms with Gasteiger partial charge in [0.2, 0.25) is 0 Å². The monoisotopic (exact) mass is 246 g/mol. The van der Waals surface area contributed by atoms with Crippen molar-refractivity contribution in [3.05, 3.63) is 16.1 Å². The molecule has 0 saturated carbocycles. The summed E-state index contributed by atoms with van der Waals surface area (Å²) in [5, 5.41) is 2.90. The van der Waals surface area contributed by atoms with Gasteiger partial charge in [-0.1, -0.05) is 0 Å². The second-order valence-electron chi connectivity index (χ2n) is 4.26. The van der Waals surface area contributed by atoms with Crippen molar-refractivity contribution in [3.8, 4) is 0 Å². The Bertz CT molecular complexity index is 466. The molecule has 1 unspecified atom stereocenters. The standard InChI is InChI=1S/C9H14N2O2S2/c1-7-5-14-8(11-7)4-9(10)2-3-15(12,13)6-9/h5H,2-4,6,10H2,1H3. The van der Waals surface area contributed by atoms with Crippen molar-refractivity contribution in [3.63, 3.8) is 0 Å². The van der Waals surface area contributed by atoms with Gasteiger partial charge in [0.1, 0.15) is 0 Å². The predicted octanol–water partition coefficient (Wildman–Crippen LogP) is 0.510. The van der Waals surface area contributed by atoms with E-state index in [2.05, 4.69) is 4.98 Å². The van der Waals surface area contributed by atoms with E-state index in [9.17, 15) is 8.42 Å². The summed E-state index contributed by atoms with van der Waals surface area (Å²) < 4.78 is 22.7. The molecule has 2 rings (SSSR count). The zero-order valence-corrected chi connectivity index (χ0v) is 10.2. The number of aromatic nitrogens is 1. The predicted molar refractivity (Wildman–Crippen MR) is 60.7 cm³/mol. The first kappa shape index (κ1) is 11.0. The molecule has 15 heavy (non-hydrogen) atoms. The number of hydrogen-bond donors (Lipinski definition) is 1. The fourth-order valence-electron chi connectivity index (χ4n) is 1.87. The second kappa shape index (κ2) is 3.54. The Labute approximate surface area is 93.4 Å². The molecule has 1 atom stereocenters. The summed E-state index contributed by atoms with van der Waals surface area (Å²) in [7, 11) is -2.92. The van der Waals surface area contributed by atoms with Crippen molar-refractivity contribution in [2.24, 2.45) is 5.73 Å². The Hall–Kier alpha value is -0.460. The zero-order valence-electron chi connectivity index (χ0n) is 8.56. The summed E-state index contributed by atoms with van der Waals surface area (Å²) in [6, 6.07) is 0. The highest BCUT2D eigenvalue weighted by Gasteiger charge is 2.39. The minimum absolute atomic E-state index is 0.0959. The van der Waals surface area contributed by atoms with Crippen LogP contribution in [0.15, 0.2) is 5.38 Å². The van der Waals surface area contributed by atoms with Gasteiger partial charge in [0.25, 0.3) is 0 Å². The Balaban J connectivity index is 2.13. The van der Waals surface area contributed by atoms with E-state index in [1.807, 2.05) is 12.3 Å². The first-order chi connectivity index (χ1) is 6.89. The van der Waals surface area contributed by atoms with Crippen LogP contribution in [0.1, 0.15) is 17.1 Å². The molecule has 1 aliphatic rings. The molecular weight excluding hydrogens is 232 g/mol. The van der Waals surface area contributed by atoms with Crippen LogP contribution in [0.4, 0.5) is 0 Å². The summed E-state index contributed by atoms with van der Waals surface area (Å²) in [6.07, 6.45) is 1.12. The third-order valence-electron chi connectivity index (χ3n) is 2.59. The van der Waals surface area contributed by atoms with Crippen LogP contribution in [0, 0.1) is 6.92 Å². The average Bonchev–Trinajstić information content (AvgIpc) is 2.57. The maximum atomic E-state index is 11.3. The van der Waals surface area contributed by atoms with Crippen LogP contribution in [0.5, 0.6) is 0 Å². The van der Waals surface area contributed by atoms with Gasteiger partial charge in [-0.2, -0.15) is 0 Å². The highest BCUT2D eigenvalue weighted by Crippen LogP contribution is 2.26. The van der Waals surface area contributed by atoms with Gasteiger partial charge in [-0.3, -0.25) is 0 Å². The lowest BCUT2D eigenvalue weighted by Crippen LogP contribution is -2.43. The van der Waals surface area contributed by atoms with E-state index in [1.165, 1.54) is 0 Å². The highest BCUT2D eigenvalue weighted by molar-refractivity contribution is 7.91. The Morgan fingerprint density at radius 1 is 1.67 bits per heavy atom. The van der Waals surface area contributed by atoms with Crippen LogP contribution in [0.3, 0.4) is 0 Å². The molecule has 1 fully saturated rings. The number of hydrogen-bond acceptors (Lipinski definition) is 5. The topological polar surface area (TPSA) is 73.1 Å². The van der Waals surface area contributed by atoms with Crippen LogP contribution >= 0.6 is 11.3 Å². The summed E-state index contributed by atoms with van der Waals surface area (Å²) in [5.74, 6) is 0.312. The normalized spacial score (nSPS) is 29.5.